The number of anilines is 1. The van der Waals surface area contributed by atoms with Crippen molar-refractivity contribution in [1.29, 1.82) is 0 Å². The van der Waals surface area contributed by atoms with Gasteiger partial charge in [0.2, 0.25) is 0 Å². The summed E-state index contributed by atoms with van der Waals surface area (Å²) in [7, 11) is 0. The predicted octanol–water partition coefficient (Wildman–Crippen LogP) is 1.58. The lowest BCUT2D eigenvalue weighted by Crippen LogP contribution is -2.32. The summed E-state index contributed by atoms with van der Waals surface area (Å²) in [6.07, 6.45) is 4.00. The fourth-order valence-corrected chi connectivity index (χ4v) is 3.09. The lowest BCUT2D eigenvalue weighted by Gasteiger charge is -2.25. The molecule has 118 valence electrons. The molecule has 1 saturated heterocycles. The van der Waals surface area contributed by atoms with Crippen molar-refractivity contribution in [3.63, 3.8) is 0 Å². The van der Waals surface area contributed by atoms with Crippen molar-refractivity contribution in [2.24, 2.45) is 0 Å². The molecule has 2 heterocycles. The molecule has 1 aliphatic rings. The molecule has 0 amide bonds. The summed E-state index contributed by atoms with van der Waals surface area (Å²) in [5.74, 6) is 0. The second-order valence-electron chi connectivity index (χ2n) is 5.90. The van der Waals surface area contributed by atoms with Crippen LogP contribution in [0.3, 0.4) is 0 Å². The van der Waals surface area contributed by atoms with Crippen molar-refractivity contribution in [3.8, 4) is 0 Å². The van der Waals surface area contributed by atoms with E-state index < -0.39 is 0 Å². The first-order valence-electron chi connectivity index (χ1n) is 8.06. The van der Waals surface area contributed by atoms with Crippen molar-refractivity contribution in [3.05, 3.63) is 36.2 Å². The van der Waals surface area contributed by atoms with Gasteiger partial charge in [0.25, 0.3) is 0 Å². The topological polar surface area (TPSA) is 50.1 Å². The Morgan fingerprint density at radius 2 is 1.95 bits per heavy atom. The number of tetrazole rings is 1. The van der Waals surface area contributed by atoms with Crippen LogP contribution in [0.5, 0.6) is 0 Å². The first kappa shape index (κ1) is 15.0. The summed E-state index contributed by atoms with van der Waals surface area (Å²) in [6, 6.07) is 8.69. The van der Waals surface area contributed by atoms with Crippen molar-refractivity contribution in [1.82, 2.24) is 25.1 Å². The summed E-state index contributed by atoms with van der Waals surface area (Å²) in [5, 5.41) is 11.2. The zero-order chi connectivity index (χ0) is 15.2. The Morgan fingerprint density at radius 1 is 1.05 bits per heavy atom. The molecule has 3 rings (SSSR count). The van der Waals surface area contributed by atoms with E-state index >= 15 is 0 Å². The van der Waals surface area contributed by atoms with E-state index in [-0.39, 0.29) is 0 Å². The van der Waals surface area contributed by atoms with Gasteiger partial charge in [0.15, 0.2) is 0 Å². The predicted molar refractivity (Wildman–Crippen MR) is 86.9 cm³/mol. The number of aromatic nitrogens is 4. The van der Waals surface area contributed by atoms with Crippen LogP contribution < -0.4 is 4.90 Å². The molecule has 6 nitrogen and oxygen atoms in total. The SMILES string of the molecule is Cc1ccccc1N1CCCN(CCCn2cnnn2)CC1. The highest BCUT2D eigenvalue weighted by Gasteiger charge is 2.15. The van der Waals surface area contributed by atoms with Crippen LogP contribution in [0.1, 0.15) is 18.4 Å². The van der Waals surface area contributed by atoms with Gasteiger partial charge in [-0.15, -0.1) is 5.10 Å². The third kappa shape index (κ3) is 3.82. The Balaban J connectivity index is 1.48. The Bertz CT molecular complexity index is 568. The lowest BCUT2D eigenvalue weighted by molar-refractivity contribution is 0.281. The molecule has 1 fully saturated rings. The minimum absolute atomic E-state index is 0.894. The van der Waals surface area contributed by atoms with Crippen LogP contribution >= 0.6 is 0 Å². The van der Waals surface area contributed by atoms with E-state index in [2.05, 4.69) is 56.5 Å². The van der Waals surface area contributed by atoms with E-state index in [4.69, 9.17) is 0 Å². The van der Waals surface area contributed by atoms with Gasteiger partial charge < -0.3 is 9.80 Å². The van der Waals surface area contributed by atoms with E-state index in [1.165, 1.54) is 24.2 Å². The van der Waals surface area contributed by atoms with Crippen LogP contribution in [0.4, 0.5) is 5.69 Å². The number of para-hydroxylation sites is 1. The average molecular weight is 300 g/mol. The van der Waals surface area contributed by atoms with Crippen LogP contribution in [-0.4, -0.2) is 57.8 Å². The smallest absolute Gasteiger partial charge is 0.138 e. The summed E-state index contributed by atoms with van der Waals surface area (Å²) in [5.41, 5.74) is 2.76. The molecule has 0 N–H and O–H groups in total. The molecular weight excluding hydrogens is 276 g/mol. The van der Waals surface area contributed by atoms with Gasteiger partial charge in [-0.3, -0.25) is 0 Å². The van der Waals surface area contributed by atoms with Gasteiger partial charge >= 0.3 is 0 Å². The van der Waals surface area contributed by atoms with Crippen LogP contribution in [0.25, 0.3) is 0 Å². The zero-order valence-corrected chi connectivity index (χ0v) is 13.2. The Hall–Kier alpha value is -1.95. The van der Waals surface area contributed by atoms with Crippen molar-refractivity contribution >= 4 is 5.69 Å². The number of rotatable bonds is 5. The van der Waals surface area contributed by atoms with E-state index in [1.807, 2.05) is 0 Å². The van der Waals surface area contributed by atoms with Gasteiger partial charge in [-0.05, 0) is 54.9 Å². The first-order valence-corrected chi connectivity index (χ1v) is 8.06. The van der Waals surface area contributed by atoms with Crippen molar-refractivity contribution in [2.45, 2.75) is 26.3 Å². The van der Waals surface area contributed by atoms with Gasteiger partial charge in [-0.2, -0.15) is 0 Å². The molecule has 0 unspecified atom stereocenters. The Morgan fingerprint density at radius 3 is 2.77 bits per heavy atom. The summed E-state index contributed by atoms with van der Waals surface area (Å²) >= 11 is 0. The number of hydrogen-bond acceptors (Lipinski definition) is 5. The van der Waals surface area contributed by atoms with Crippen molar-refractivity contribution < 1.29 is 0 Å². The molecule has 6 heteroatoms. The van der Waals surface area contributed by atoms with E-state index in [1.54, 1.807) is 11.0 Å². The molecule has 0 spiro atoms. The maximum atomic E-state index is 3.91. The zero-order valence-electron chi connectivity index (χ0n) is 13.2. The fraction of sp³-hybridized carbons (Fsp3) is 0.562. The molecule has 1 aliphatic heterocycles. The Kier molecular flexibility index (Phi) is 5.00. The van der Waals surface area contributed by atoms with Crippen LogP contribution in [0, 0.1) is 6.92 Å². The van der Waals surface area contributed by atoms with Gasteiger partial charge in [0.05, 0.1) is 0 Å². The second kappa shape index (κ2) is 7.35. The minimum atomic E-state index is 0.894. The number of hydrogen-bond donors (Lipinski definition) is 0. The molecule has 0 bridgehead atoms. The summed E-state index contributed by atoms with van der Waals surface area (Å²) in [6.45, 7) is 8.77. The van der Waals surface area contributed by atoms with Crippen molar-refractivity contribution in [2.75, 3.05) is 37.6 Å². The molecule has 0 aliphatic carbocycles. The van der Waals surface area contributed by atoms with E-state index in [9.17, 15) is 0 Å². The van der Waals surface area contributed by atoms with Gasteiger partial charge in [-0.25, -0.2) is 4.68 Å². The second-order valence-corrected chi connectivity index (χ2v) is 5.90. The third-order valence-electron chi connectivity index (χ3n) is 4.30. The highest BCUT2D eigenvalue weighted by molar-refractivity contribution is 5.53. The maximum Gasteiger partial charge on any atom is 0.138 e. The third-order valence-corrected chi connectivity index (χ3v) is 4.30. The molecular formula is C16H24N6. The highest BCUT2D eigenvalue weighted by Crippen LogP contribution is 2.20. The Labute approximate surface area is 131 Å². The number of aryl methyl sites for hydroxylation is 2. The van der Waals surface area contributed by atoms with Gasteiger partial charge in [0, 0.05) is 31.9 Å². The standard InChI is InChI=1S/C16H24N6/c1-15-6-2-3-7-16(15)21-10-4-8-20(12-13-21)9-5-11-22-14-17-18-19-22/h2-3,6-7,14H,4-5,8-13H2,1H3. The van der Waals surface area contributed by atoms with Crippen LogP contribution in [0.2, 0.25) is 0 Å². The quantitative estimate of drug-likeness (QED) is 0.839. The van der Waals surface area contributed by atoms with Crippen LogP contribution in [0.15, 0.2) is 30.6 Å². The molecule has 1 aromatic carbocycles. The van der Waals surface area contributed by atoms with E-state index in [0.717, 1.165) is 39.1 Å². The molecule has 1 aromatic heterocycles. The molecule has 0 atom stereocenters. The number of benzene rings is 1. The average Bonchev–Trinajstić information content (AvgIpc) is 2.93. The lowest BCUT2D eigenvalue weighted by atomic mass is 10.2. The largest absolute Gasteiger partial charge is 0.370 e. The molecule has 22 heavy (non-hydrogen) atoms. The molecule has 0 saturated carbocycles. The first-order chi connectivity index (χ1) is 10.8. The monoisotopic (exact) mass is 300 g/mol. The fourth-order valence-electron chi connectivity index (χ4n) is 3.09. The molecule has 2 aromatic rings. The minimum Gasteiger partial charge on any atom is -0.370 e. The van der Waals surface area contributed by atoms with Gasteiger partial charge in [-0.1, -0.05) is 18.2 Å². The summed E-state index contributed by atoms with van der Waals surface area (Å²) < 4.78 is 1.80. The maximum absolute atomic E-state index is 3.91. The normalized spacial score (nSPS) is 16.7. The van der Waals surface area contributed by atoms with Crippen LogP contribution in [-0.2, 0) is 6.54 Å². The number of nitrogens with zero attached hydrogens (tertiary/aromatic N) is 6. The summed E-state index contributed by atoms with van der Waals surface area (Å²) in [4.78, 5) is 5.08. The van der Waals surface area contributed by atoms with E-state index in [0.29, 0.717) is 0 Å². The van der Waals surface area contributed by atoms with Gasteiger partial charge in [0.1, 0.15) is 6.33 Å². The highest BCUT2D eigenvalue weighted by atomic mass is 15.5. The molecule has 0 radical (unpaired) electrons.